The van der Waals surface area contributed by atoms with E-state index in [1.165, 1.54) is 7.11 Å². The maximum absolute atomic E-state index is 13.1. The molecule has 0 bridgehead atoms. The van der Waals surface area contributed by atoms with E-state index in [0.29, 0.717) is 0 Å². The Morgan fingerprint density at radius 2 is 1.50 bits per heavy atom. The predicted molar refractivity (Wildman–Crippen MR) is 80.9 cm³/mol. The fourth-order valence-electron chi connectivity index (χ4n) is 2.98. The molecule has 0 heterocycles. The Morgan fingerprint density at radius 1 is 1.00 bits per heavy atom. The van der Waals surface area contributed by atoms with Gasteiger partial charge in [0.05, 0.1) is 12.2 Å². The highest BCUT2D eigenvalue weighted by molar-refractivity contribution is 7.51. The number of hydrogen-bond acceptors (Lipinski definition) is 4. The van der Waals surface area contributed by atoms with Gasteiger partial charge < -0.3 is 4.74 Å². The van der Waals surface area contributed by atoms with Gasteiger partial charge in [-0.2, -0.15) is 0 Å². The van der Waals surface area contributed by atoms with Crippen molar-refractivity contribution >= 4 is 7.75 Å². The molecule has 0 aromatic rings. The first-order valence-electron chi connectivity index (χ1n) is 7.51. The van der Waals surface area contributed by atoms with Gasteiger partial charge in [-0.25, -0.2) is 9.24 Å². The van der Waals surface area contributed by atoms with E-state index in [-0.39, 0.29) is 24.3 Å². The van der Waals surface area contributed by atoms with E-state index in [1.807, 2.05) is 32.4 Å². The monoisotopic (exact) mass is 307 g/mol. The van der Waals surface area contributed by atoms with Crippen LogP contribution < -0.4 is 0 Å². The number of nitrogens with zero attached hydrogens (tertiary/aromatic N) is 1. The van der Waals surface area contributed by atoms with Gasteiger partial charge in [0.1, 0.15) is 0 Å². The Kier molecular flexibility index (Phi) is 7.16. The van der Waals surface area contributed by atoms with Crippen molar-refractivity contribution in [2.75, 3.05) is 14.2 Å². The Hall–Kier alpha value is 0.0700. The molecule has 0 spiro atoms. The lowest BCUT2D eigenvalue weighted by molar-refractivity contribution is -0.0360. The summed E-state index contributed by atoms with van der Waals surface area (Å²) in [5.41, 5.74) is 0. The molecule has 0 aromatic carbocycles. The fraction of sp³-hybridized carbons (Fsp3) is 1.00. The molecule has 0 N–H and O–H groups in total. The molecule has 1 fully saturated rings. The van der Waals surface area contributed by atoms with Crippen LogP contribution in [0, 0.1) is 0 Å². The zero-order valence-corrected chi connectivity index (χ0v) is 14.6. The molecule has 0 amide bonds. The Morgan fingerprint density at radius 3 is 1.90 bits per heavy atom. The smallest absolute Gasteiger partial charge is 0.379 e. The summed E-state index contributed by atoms with van der Waals surface area (Å²) < 4.78 is 31.7. The minimum Gasteiger partial charge on any atom is -0.379 e. The normalized spacial score (nSPS) is 27.2. The Bertz CT molecular complexity index is 327. The first-order valence-corrected chi connectivity index (χ1v) is 9.01. The number of methoxy groups -OCH3 is 1. The van der Waals surface area contributed by atoms with Crippen molar-refractivity contribution in [1.82, 2.24) is 4.67 Å². The van der Waals surface area contributed by atoms with Gasteiger partial charge in [-0.15, -0.1) is 0 Å². The molecular weight excluding hydrogens is 277 g/mol. The van der Waals surface area contributed by atoms with Crippen LogP contribution >= 0.6 is 7.75 Å². The maximum Gasteiger partial charge on any atom is 0.408 e. The van der Waals surface area contributed by atoms with E-state index < -0.39 is 7.75 Å². The molecule has 0 aliphatic heterocycles. The molecule has 0 saturated heterocycles. The lowest BCUT2D eigenvalue weighted by atomic mass is 9.95. The topological polar surface area (TPSA) is 48.0 Å². The molecule has 1 rings (SSSR count). The molecular formula is C14H30NO4P. The molecule has 3 unspecified atom stereocenters. The summed E-state index contributed by atoms with van der Waals surface area (Å²) in [6.45, 7) is 8.01. The van der Waals surface area contributed by atoms with Gasteiger partial charge in [-0.05, 0) is 40.5 Å². The molecule has 1 aliphatic rings. The van der Waals surface area contributed by atoms with Crippen molar-refractivity contribution in [2.24, 2.45) is 0 Å². The average Bonchev–Trinajstić information content (AvgIpc) is 2.38. The third-order valence-electron chi connectivity index (χ3n) is 3.79. The van der Waals surface area contributed by atoms with Crippen LogP contribution in [0.2, 0.25) is 0 Å². The first kappa shape index (κ1) is 18.1. The Balaban J connectivity index is 2.89. The fourth-order valence-corrected chi connectivity index (χ4v) is 5.08. The highest BCUT2D eigenvalue weighted by Gasteiger charge is 2.41. The summed E-state index contributed by atoms with van der Waals surface area (Å²) in [5.74, 6) is 0. The van der Waals surface area contributed by atoms with Crippen LogP contribution in [0.25, 0.3) is 0 Å². The van der Waals surface area contributed by atoms with Crippen molar-refractivity contribution in [3.63, 3.8) is 0 Å². The lowest BCUT2D eigenvalue weighted by Crippen LogP contribution is -2.39. The summed E-state index contributed by atoms with van der Waals surface area (Å²) >= 11 is 0. The standard InChI is InChI=1S/C14H30NO4P/c1-11(2)15(12(3)4)20(16,18-6)19-14-10-8-7-9-13(14)17-5/h11-14H,7-10H2,1-6H3. The molecule has 1 saturated carbocycles. The summed E-state index contributed by atoms with van der Waals surface area (Å²) in [6, 6.07) is 0.177. The van der Waals surface area contributed by atoms with Crippen LogP contribution in [-0.4, -0.2) is 43.2 Å². The second kappa shape index (κ2) is 7.90. The first-order chi connectivity index (χ1) is 9.35. The summed E-state index contributed by atoms with van der Waals surface area (Å²) in [7, 11) is -0.140. The molecule has 0 radical (unpaired) electrons. The van der Waals surface area contributed by atoms with Crippen molar-refractivity contribution in [3.8, 4) is 0 Å². The van der Waals surface area contributed by atoms with E-state index in [1.54, 1.807) is 7.11 Å². The minimum atomic E-state index is -3.29. The lowest BCUT2D eigenvalue weighted by Gasteiger charge is -2.39. The van der Waals surface area contributed by atoms with Gasteiger partial charge in [0.15, 0.2) is 0 Å². The van der Waals surface area contributed by atoms with Gasteiger partial charge in [0, 0.05) is 26.3 Å². The van der Waals surface area contributed by atoms with E-state index >= 15 is 0 Å². The van der Waals surface area contributed by atoms with Crippen molar-refractivity contribution in [2.45, 2.75) is 77.7 Å². The molecule has 6 heteroatoms. The van der Waals surface area contributed by atoms with Gasteiger partial charge in [0.25, 0.3) is 0 Å². The zero-order chi connectivity index (χ0) is 15.3. The molecule has 1 aliphatic carbocycles. The van der Waals surface area contributed by atoms with Crippen LogP contribution in [0.1, 0.15) is 53.4 Å². The highest BCUT2D eigenvalue weighted by Crippen LogP contribution is 2.55. The summed E-state index contributed by atoms with van der Waals surface area (Å²) in [6.07, 6.45) is 3.89. The summed E-state index contributed by atoms with van der Waals surface area (Å²) in [4.78, 5) is 0. The molecule has 120 valence electrons. The van der Waals surface area contributed by atoms with E-state index in [9.17, 15) is 4.57 Å². The largest absolute Gasteiger partial charge is 0.408 e. The Labute approximate surface area is 123 Å². The second-order valence-corrected chi connectivity index (χ2v) is 7.90. The van der Waals surface area contributed by atoms with Crippen molar-refractivity contribution in [1.29, 1.82) is 0 Å². The van der Waals surface area contributed by atoms with Crippen LogP contribution in [0.5, 0.6) is 0 Å². The van der Waals surface area contributed by atoms with Gasteiger partial charge in [0.2, 0.25) is 0 Å². The third-order valence-corrected chi connectivity index (χ3v) is 6.27. The highest BCUT2D eigenvalue weighted by atomic mass is 31.2. The number of hydrogen-bond donors (Lipinski definition) is 0. The van der Waals surface area contributed by atoms with Gasteiger partial charge in [-0.3, -0.25) is 9.05 Å². The van der Waals surface area contributed by atoms with Crippen LogP contribution in [-0.2, 0) is 18.3 Å². The summed E-state index contributed by atoms with van der Waals surface area (Å²) in [5, 5.41) is 0. The van der Waals surface area contributed by atoms with Crippen molar-refractivity contribution < 1.29 is 18.3 Å². The zero-order valence-electron chi connectivity index (χ0n) is 13.7. The van der Waals surface area contributed by atoms with E-state index in [2.05, 4.69) is 0 Å². The van der Waals surface area contributed by atoms with Gasteiger partial charge in [-0.1, -0.05) is 12.8 Å². The number of ether oxygens (including phenoxy) is 1. The molecule has 5 nitrogen and oxygen atoms in total. The quantitative estimate of drug-likeness (QED) is 0.669. The SMILES string of the molecule is COC1CCCCC1OP(=O)(OC)N(C(C)C)C(C)C. The maximum atomic E-state index is 13.1. The van der Waals surface area contributed by atoms with E-state index in [0.717, 1.165) is 25.7 Å². The average molecular weight is 307 g/mol. The third kappa shape index (κ3) is 4.28. The van der Waals surface area contributed by atoms with Crippen molar-refractivity contribution in [3.05, 3.63) is 0 Å². The van der Waals surface area contributed by atoms with Gasteiger partial charge >= 0.3 is 7.75 Å². The minimum absolute atomic E-state index is 0.00778. The number of rotatable bonds is 7. The molecule has 3 atom stereocenters. The second-order valence-electron chi connectivity index (χ2n) is 5.92. The van der Waals surface area contributed by atoms with Crippen LogP contribution in [0.3, 0.4) is 0 Å². The van der Waals surface area contributed by atoms with Crippen LogP contribution in [0.4, 0.5) is 0 Å². The van der Waals surface area contributed by atoms with Crippen LogP contribution in [0.15, 0.2) is 0 Å². The predicted octanol–water partition coefficient (Wildman–Crippen LogP) is 3.83. The van der Waals surface area contributed by atoms with E-state index in [4.69, 9.17) is 13.8 Å². The molecule has 20 heavy (non-hydrogen) atoms. The molecule has 0 aromatic heterocycles.